The van der Waals surface area contributed by atoms with Crippen molar-refractivity contribution in [3.8, 4) is 17.3 Å². The third-order valence-electron chi connectivity index (χ3n) is 3.86. The summed E-state index contributed by atoms with van der Waals surface area (Å²) in [4.78, 5) is 8.12. The van der Waals surface area contributed by atoms with Crippen LogP contribution >= 0.6 is 34.6 Å². The Hall–Kier alpha value is -1.43. The van der Waals surface area contributed by atoms with Gasteiger partial charge < -0.3 is 8.38 Å². The van der Waals surface area contributed by atoms with E-state index in [4.69, 9.17) is 14.7 Å². The van der Waals surface area contributed by atoms with Gasteiger partial charge in [0.05, 0.1) is 23.6 Å². The number of fused-ring (bicyclic) bond motifs is 1. The largest absolute Gasteiger partial charge is 0.383 e. The maximum absolute atomic E-state index is 9.45. The molecule has 3 rings (SSSR count). The van der Waals surface area contributed by atoms with Crippen LogP contribution < -0.4 is 5.32 Å². The van der Waals surface area contributed by atoms with Crippen molar-refractivity contribution in [1.82, 2.24) is 9.97 Å². The number of halogens is 2. The lowest BCUT2D eigenvalue weighted by Gasteiger charge is -2.22. The van der Waals surface area contributed by atoms with E-state index in [1.54, 1.807) is 12.3 Å². The first-order valence-corrected chi connectivity index (χ1v) is 7.88. The minimum Gasteiger partial charge on any atom is -0.383 e. The van der Waals surface area contributed by atoms with Crippen LogP contribution in [-0.2, 0) is 8.48 Å². The number of rotatable bonds is 3. The molecule has 112 valence electrons. The number of nitrogens with one attached hydrogen (secondary N) is 1. The predicted molar refractivity (Wildman–Crippen MR) is 93.0 cm³/mol. The third-order valence-corrected chi connectivity index (χ3v) is 4.35. The number of nitrogens with zero attached hydrogens (tertiary/aromatic N) is 3. The van der Waals surface area contributed by atoms with E-state index in [1.165, 1.54) is 0 Å². The van der Waals surface area contributed by atoms with Crippen LogP contribution in [0.4, 0.5) is 5.69 Å². The SMILES string of the molecule is CC1(COI)CNc2c(C#N)cc(-c3ccnc(Cl)n3)cc21. The first kappa shape index (κ1) is 15.5. The summed E-state index contributed by atoms with van der Waals surface area (Å²) in [6.07, 6.45) is 1.61. The molecule has 1 aliphatic heterocycles. The number of hydrogen-bond acceptors (Lipinski definition) is 5. The standard InChI is InChI=1S/C15H12ClIN4O/c1-15(8-22-17)7-20-13-10(6-18)4-9(5-11(13)15)12-2-3-19-14(16)21-12/h2-5,20H,7-8H2,1H3. The molecule has 5 nitrogen and oxygen atoms in total. The fraction of sp³-hybridized carbons (Fsp3) is 0.267. The summed E-state index contributed by atoms with van der Waals surface area (Å²) in [7, 11) is 0. The minimum absolute atomic E-state index is 0.186. The number of hydrogen-bond donors (Lipinski definition) is 1. The minimum atomic E-state index is -0.186. The van der Waals surface area contributed by atoms with E-state index in [1.807, 2.05) is 35.1 Å². The van der Waals surface area contributed by atoms with Gasteiger partial charge in [0.1, 0.15) is 29.1 Å². The Kier molecular flexibility index (Phi) is 4.21. The second-order valence-corrected chi connectivity index (χ2v) is 6.40. The zero-order chi connectivity index (χ0) is 15.7. The van der Waals surface area contributed by atoms with Gasteiger partial charge in [0.15, 0.2) is 0 Å². The summed E-state index contributed by atoms with van der Waals surface area (Å²) < 4.78 is 5.32. The quantitative estimate of drug-likeness (QED) is 0.598. The molecule has 7 heteroatoms. The van der Waals surface area contributed by atoms with Crippen molar-refractivity contribution >= 4 is 40.3 Å². The molecule has 0 amide bonds. The number of benzene rings is 1. The fourth-order valence-corrected chi connectivity index (χ4v) is 3.50. The van der Waals surface area contributed by atoms with E-state index < -0.39 is 0 Å². The average molecular weight is 427 g/mol. The number of nitriles is 1. The molecule has 1 aromatic carbocycles. The molecule has 0 saturated heterocycles. The lowest BCUT2D eigenvalue weighted by atomic mass is 9.83. The second kappa shape index (κ2) is 5.99. The molecular weight excluding hydrogens is 415 g/mol. The van der Waals surface area contributed by atoms with Gasteiger partial charge in [0.2, 0.25) is 5.28 Å². The first-order chi connectivity index (χ1) is 10.6. The summed E-state index contributed by atoms with van der Waals surface area (Å²) in [5.74, 6) is 0. The Morgan fingerprint density at radius 3 is 3.05 bits per heavy atom. The van der Waals surface area contributed by atoms with E-state index in [9.17, 15) is 5.26 Å². The zero-order valence-corrected chi connectivity index (χ0v) is 14.6. The Balaban J connectivity index is 2.18. The molecule has 0 fully saturated rings. The van der Waals surface area contributed by atoms with Gasteiger partial charge >= 0.3 is 0 Å². The lowest BCUT2D eigenvalue weighted by molar-refractivity contribution is 0.312. The van der Waals surface area contributed by atoms with Gasteiger partial charge in [0, 0.05) is 23.7 Å². The molecule has 1 N–H and O–H groups in total. The maximum atomic E-state index is 9.45. The fourth-order valence-electron chi connectivity index (χ4n) is 2.67. The molecule has 1 atom stereocenters. The molecule has 0 saturated carbocycles. The van der Waals surface area contributed by atoms with E-state index in [-0.39, 0.29) is 10.7 Å². The zero-order valence-electron chi connectivity index (χ0n) is 11.7. The number of aromatic nitrogens is 2. The van der Waals surface area contributed by atoms with E-state index in [0.29, 0.717) is 17.9 Å². The van der Waals surface area contributed by atoms with Gasteiger partial charge in [0.25, 0.3) is 0 Å². The van der Waals surface area contributed by atoms with Crippen LogP contribution in [0.3, 0.4) is 0 Å². The van der Waals surface area contributed by atoms with Gasteiger partial charge in [-0.25, -0.2) is 9.97 Å². The summed E-state index contributed by atoms with van der Waals surface area (Å²) in [5.41, 5.74) is 3.90. The average Bonchev–Trinajstić information content (AvgIpc) is 2.84. The highest BCUT2D eigenvalue weighted by Crippen LogP contribution is 2.41. The highest BCUT2D eigenvalue weighted by Gasteiger charge is 2.36. The van der Waals surface area contributed by atoms with Gasteiger partial charge in [-0.05, 0) is 35.4 Å². The summed E-state index contributed by atoms with van der Waals surface area (Å²) in [6, 6.07) is 7.90. The topological polar surface area (TPSA) is 70.8 Å². The molecular formula is C15H12ClIN4O. The molecule has 22 heavy (non-hydrogen) atoms. The van der Waals surface area contributed by atoms with Gasteiger partial charge in [-0.2, -0.15) is 5.26 Å². The number of anilines is 1. The normalized spacial score (nSPS) is 19.4. The molecule has 0 radical (unpaired) electrons. The molecule has 1 unspecified atom stereocenters. The van der Waals surface area contributed by atoms with Crippen LogP contribution in [0.15, 0.2) is 24.4 Å². The van der Waals surface area contributed by atoms with Crippen LogP contribution in [0.2, 0.25) is 5.28 Å². The van der Waals surface area contributed by atoms with Gasteiger partial charge in [-0.3, -0.25) is 0 Å². The molecule has 1 aliphatic rings. The highest BCUT2D eigenvalue weighted by atomic mass is 127. The van der Waals surface area contributed by atoms with Crippen molar-refractivity contribution in [3.63, 3.8) is 0 Å². The Bertz CT molecular complexity index is 777. The Morgan fingerprint density at radius 2 is 2.36 bits per heavy atom. The van der Waals surface area contributed by atoms with Crippen molar-refractivity contribution in [2.24, 2.45) is 0 Å². The van der Waals surface area contributed by atoms with E-state index >= 15 is 0 Å². The highest BCUT2D eigenvalue weighted by molar-refractivity contribution is 14.1. The second-order valence-electron chi connectivity index (χ2n) is 5.44. The van der Waals surface area contributed by atoms with Crippen LogP contribution in [0.25, 0.3) is 11.3 Å². The van der Waals surface area contributed by atoms with Crippen LogP contribution in [0.5, 0.6) is 0 Å². The van der Waals surface area contributed by atoms with Crippen LogP contribution in [0, 0.1) is 11.3 Å². The van der Waals surface area contributed by atoms with Crippen molar-refractivity contribution < 1.29 is 3.07 Å². The molecule has 0 bridgehead atoms. The van der Waals surface area contributed by atoms with E-state index in [2.05, 4.69) is 28.3 Å². The summed E-state index contributed by atoms with van der Waals surface area (Å²) >= 11 is 7.77. The van der Waals surface area contributed by atoms with Crippen LogP contribution in [-0.4, -0.2) is 23.1 Å². The van der Waals surface area contributed by atoms with Gasteiger partial charge in [-0.1, -0.05) is 6.92 Å². The van der Waals surface area contributed by atoms with Gasteiger partial charge in [-0.15, -0.1) is 0 Å². The van der Waals surface area contributed by atoms with Crippen LogP contribution in [0.1, 0.15) is 18.1 Å². The Morgan fingerprint density at radius 1 is 1.55 bits per heavy atom. The first-order valence-electron chi connectivity index (χ1n) is 6.62. The van der Waals surface area contributed by atoms with Crippen molar-refractivity contribution in [3.05, 3.63) is 40.8 Å². The molecule has 0 aliphatic carbocycles. The lowest BCUT2D eigenvalue weighted by Crippen LogP contribution is -2.29. The van der Waals surface area contributed by atoms with Crippen molar-refractivity contribution in [2.75, 3.05) is 18.5 Å². The third kappa shape index (κ3) is 2.64. The van der Waals surface area contributed by atoms with Crippen molar-refractivity contribution in [1.29, 1.82) is 5.26 Å². The van der Waals surface area contributed by atoms with Crippen molar-refractivity contribution in [2.45, 2.75) is 12.3 Å². The summed E-state index contributed by atoms with van der Waals surface area (Å²) in [6.45, 7) is 3.41. The summed E-state index contributed by atoms with van der Waals surface area (Å²) in [5, 5.41) is 13.0. The molecule has 0 spiro atoms. The molecule has 2 heterocycles. The molecule has 2 aromatic rings. The monoisotopic (exact) mass is 426 g/mol. The Labute approximate surface area is 147 Å². The predicted octanol–water partition coefficient (Wildman–Crippen LogP) is 3.72. The maximum Gasteiger partial charge on any atom is 0.222 e. The smallest absolute Gasteiger partial charge is 0.222 e. The molecule has 1 aromatic heterocycles. The van der Waals surface area contributed by atoms with E-state index in [0.717, 1.165) is 23.4 Å².